The van der Waals surface area contributed by atoms with Gasteiger partial charge in [-0.1, -0.05) is 68.1 Å². The van der Waals surface area contributed by atoms with E-state index in [-0.39, 0.29) is 17.9 Å². The summed E-state index contributed by atoms with van der Waals surface area (Å²) in [4.78, 5) is 18.9. The second-order valence-corrected chi connectivity index (χ2v) is 10.2. The zero-order valence-electron chi connectivity index (χ0n) is 21.2. The third kappa shape index (κ3) is 5.75. The van der Waals surface area contributed by atoms with Crippen LogP contribution in [0.1, 0.15) is 43.7 Å². The predicted octanol–water partition coefficient (Wildman–Crippen LogP) is 4.63. The number of aryl methyl sites for hydroxylation is 1. The Hall–Kier alpha value is -3.50. The maximum Gasteiger partial charge on any atom is 0.315 e. The Morgan fingerprint density at radius 1 is 1.14 bits per heavy atom. The maximum atomic E-state index is 12.6. The van der Waals surface area contributed by atoms with Crippen molar-refractivity contribution in [2.75, 3.05) is 23.9 Å². The molecular formula is C27H30N6O3S. The van der Waals surface area contributed by atoms with Crippen molar-refractivity contribution in [1.29, 1.82) is 0 Å². The van der Waals surface area contributed by atoms with Gasteiger partial charge in [-0.05, 0) is 23.1 Å². The third-order valence-electron chi connectivity index (χ3n) is 6.25. The monoisotopic (exact) mass is 518 g/mol. The topological polar surface area (TPSA) is 94.2 Å². The highest BCUT2D eigenvalue weighted by Gasteiger charge is 2.31. The number of rotatable bonds is 7. The van der Waals surface area contributed by atoms with Gasteiger partial charge in [-0.25, -0.2) is 4.68 Å². The van der Waals surface area contributed by atoms with E-state index in [1.54, 1.807) is 15.8 Å². The van der Waals surface area contributed by atoms with Gasteiger partial charge in [-0.3, -0.25) is 9.69 Å². The van der Waals surface area contributed by atoms with Crippen molar-refractivity contribution in [2.45, 2.75) is 38.7 Å². The fourth-order valence-corrected chi connectivity index (χ4v) is 5.07. The summed E-state index contributed by atoms with van der Waals surface area (Å²) < 4.78 is 13.1. The predicted molar refractivity (Wildman–Crippen MR) is 146 cm³/mol. The number of para-hydroxylation sites is 1. The molecule has 2 saturated heterocycles. The average molecular weight is 519 g/mol. The van der Waals surface area contributed by atoms with E-state index >= 15 is 0 Å². The number of anilines is 1. The molecule has 3 heterocycles. The molecular weight excluding hydrogens is 488 g/mol. The van der Waals surface area contributed by atoms with E-state index in [2.05, 4.69) is 40.2 Å². The summed E-state index contributed by atoms with van der Waals surface area (Å²) in [6.45, 7) is 5.65. The third-order valence-corrected chi connectivity index (χ3v) is 7.16. The standard InChI is InChI=1S/C27H30N6O3S/c1-18(2)22-6-4-5-7-23(22)33-24(34)17-37-27(33)30-28-16-19-8-10-20(11-9-19)25-29-26(32(3)31-25)36-21-12-14-35-15-13-21/h4-11,16,18,21H,12-15,17H2,1-3H3. The first-order valence-electron chi connectivity index (χ1n) is 12.4. The van der Waals surface area contributed by atoms with Crippen LogP contribution in [0.5, 0.6) is 6.01 Å². The van der Waals surface area contributed by atoms with Gasteiger partial charge < -0.3 is 9.47 Å². The molecule has 192 valence electrons. The summed E-state index contributed by atoms with van der Waals surface area (Å²) >= 11 is 1.40. The highest BCUT2D eigenvalue weighted by Crippen LogP contribution is 2.33. The normalized spacial score (nSPS) is 18.0. The first-order chi connectivity index (χ1) is 18.0. The first kappa shape index (κ1) is 25.2. The molecule has 37 heavy (non-hydrogen) atoms. The molecule has 0 saturated carbocycles. The van der Waals surface area contributed by atoms with Crippen LogP contribution in [0.2, 0.25) is 0 Å². The summed E-state index contributed by atoms with van der Waals surface area (Å²) in [5.74, 6) is 1.26. The zero-order valence-corrected chi connectivity index (χ0v) is 22.0. The van der Waals surface area contributed by atoms with E-state index in [4.69, 9.17) is 9.47 Å². The number of hydrogen-bond donors (Lipinski definition) is 0. The van der Waals surface area contributed by atoms with E-state index in [9.17, 15) is 4.79 Å². The molecule has 10 heteroatoms. The van der Waals surface area contributed by atoms with E-state index in [1.165, 1.54) is 11.8 Å². The summed E-state index contributed by atoms with van der Waals surface area (Å²) in [7, 11) is 1.83. The average Bonchev–Trinajstić information content (AvgIpc) is 3.46. The van der Waals surface area contributed by atoms with Gasteiger partial charge in [0.15, 0.2) is 11.0 Å². The Bertz CT molecular complexity index is 1310. The number of amidine groups is 1. The molecule has 0 N–H and O–H groups in total. The largest absolute Gasteiger partial charge is 0.460 e. The van der Waals surface area contributed by atoms with Crippen molar-refractivity contribution in [3.05, 3.63) is 59.7 Å². The van der Waals surface area contributed by atoms with E-state index < -0.39 is 0 Å². The maximum absolute atomic E-state index is 12.6. The SMILES string of the molecule is CC(C)c1ccccc1N1C(=O)CSC1=NN=Cc1ccc(-c2nc(OC3CCOCC3)n(C)n2)cc1. The van der Waals surface area contributed by atoms with Crippen molar-refractivity contribution >= 4 is 34.7 Å². The lowest BCUT2D eigenvalue weighted by molar-refractivity contribution is -0.115. The summed E-state index contributed by atoms with van der Waals surface area (Å²) in [5, 5.41) is 13.7. The van der Waals surface area contributed by atoms with Crippen molar-refractivity contribution in [3.8, 4) is 17.4 Å². The Labute approximate surface area is 220 Å². The second-order valence-electron chi connectivity index (χ2n) is 9.25. The minimum Gasteiger partial charge on any atom is -0.460 e. The fourth-order valence-electron chi connectivity index (χ4n) is 4.25. The van der Waals surface area contributed by atoms with Crippen LogP contribution < -0.4 is 9.64 Å². The molecule has 0 spiro atoms. The van der Waals surface area contributed by atoms with Gasteiger partial charge in [0.1, 0.15) is 6.10 Å². The number of hydrogen-bond acceptors (Lipinski definition) is 8. The van der Waals surface area contributed by atoms with Crippen LogP contribution in [0.25, 0.3) is 11.4 Å². The highest BCUT2D eigenvalue weighted by molar-refractivity contribution is 8.15. The number of ether oxygens (including phenoxy) is 2. The van der Waals surface area contributed by atoms with E-state index in [0.717, 1.165) is 35.2 Å². The van der Waals surface area contributed by atoms with E-state index in [0.29, 0.717) is 36.0 Å². The fraction of sp³-hybridized carbons (Fsp3) is 0.370. The lowest BCUT2D eigenvalue weighted by atomic mass is 10.0. The van der Waals surface area contributed by atoms with Gasteiger partial charge in [0.2, 0.25) is 5.91 Å². The van der Waals surface area contributed by atoms with Gasteiger partial charge in [-0.15, -0.1) is 10.2 Å². The first-order valence-corrected chi connectivity index (χ1v) is 13.4. The number of carbonyl (C=O) groups excluding carboxylic acids is 1. The molecule has 0 radical (unpaired) electrons. The van der Waals surface area contributed by atoms with Crippen LogP contribution in [-0.4, -0.2) is 57.1 Å². The Balaban J connectivity index is 1.28. The minimum absolute atomic E-state index is 0.0134. The van der Waals surface area contributed by atoms with Crippen molar-refractivity contribution < 1.29 is 14.3 Å². The number of thioether (sulfide) groups is 1. The molecule has 5 rings (SSSR count). The zero-order chi connectivity index (χ0) is 25.8. The van der Waals surface area contributed by atoms with Gasteiger partial charge in [0.25, 0.3) is 0 Å². The molecule has 1 aromatic heterocycles. The number of aromatic nitrogens is 3. The highest BCUT2D eigenvalue weighted by atomic mass is 32.2. The second kappa shape index (κ2) is 11.3. The Kier molecular flexibility index (Phi) is 7.66. The van der Waals surface area contributed by atoms with Gasteiger partial charge in [-0.2, -0.15) is 10.1 Å². The number of nitrogens with zero attached hydrogens (tertiary/aromatic N) is 6. The summed E-state index contributed by atoms with van der Waals surface area (Å²) in [5.41, 5.74) is 3.74. The summed E-state index contributed by atoms with van der Waals surface area (Å²) in [6.07, 6.45) is 3.50. The van der Waals surface area contributed by atoms with Gasteiger partial charge in [0.05, 0.1) is 30.9 Å². The molecule has 0 unspecified atom stereocenters. The van der Waals surface area contributed by atoms with Crippen molar-refractivity contribution in [3.63, 3.8) is 0 Å². The van der Waals surface area contributed by atoms with Crippen molar-refractivity contribution in [1.82, 2.24) is 14.8 Å². The molecule has 0 aliphatic carbocycles. The molecule has 2 aliphatic heterocycles. The van der Waals surface area contributed by atoms with Gasteiger partial charge >= 0.3 is 6.01 Å². The number of benzene rings is 2. The minimum atomic E-state index is 0.0134. The van der Waals surface area contributed by atoms with Gasteiger partial charge in [0, 0.05) is 25.5 Å². The Morgan fingerprint density at radius 3 is 2.65 bits per heavy atom. The number of amides is 1. The molecule has 2 aromatic carbocycles. The molecule has 1 amide bonds. The molecule has 3 aromatic rings. The number of carbonyl (C=O) groups is 1. The summed E-state index contributed by atoms with van der Waals surface area (Å²) in [6, 6.07) is 16.2. The molecule has 9 nitrogen and oxygen atoms in total. The van der Waals surface area contributed by atoms with Crippen LogP contribution in [0.3, 0.4) is 0 Å². The van der Waals surface area contributed by atoms with E-state index in [1.807, 2.05) is 49.5 Å². The molecule has 2 aliphatic rings. The smallest absolute Gasteiger partial charge is 0.315 e. The lowest BCUT2D eigenvalue weighted by Crippen LogP contribution is -2.30. The van der Waals surface area contributed by atoms with Crippen molar-refractivity contribution in [2.24, 2.45) is 17.3 Å². The van der Waals surface area contributed by atoms with Crippen LogP contribution in [-0.2, 0) is 16.6 Å². The van der Waals surface area contributed by atoms with Crippen LogP contribution >= 0.6 is 11.8 Å². The molecule has 2 fully saturated rings. The quantitative estimate of drug-likeness (QED) is 0.334. The van der Waals surface area contributed by atoms with Crippen LogP contribution in [0.4, 0.5) is 5.69 Å². The molecule has 0 atom stereocenters. The molecule has 0 bridgehead atoms. The van der Waals surface area contributed by atoms with Crippen LogP contribution in [0, 0.1) is 0 Å². The lowest BCUT2D eigenvalue weighted by Gasteiger charge is -2.22. The Morgan fingerprint density at radius 2 is 1.89 bits per heavy atom. The van der Waals surface area contributed by atoms with Crippen LogP contribution in [0.15, 0.2) is 58.7 Å².